The number of aromatic nitrogens is 3. The second-order valence-corrected chi connectivity index (χ2v) is 5.44. The summed E-state index contributed by atoms with van der Waals surface area (Å²) >= 11 is 2.20. The van der Waals surface area contributed by atoms with Gasteiger partial charge in [0.2, 0.25) is 5.88 Å². The van der Waals surface area contributed by atoms with Gasteiger partial charge in [-0.1, -0.05) is 0 Å². The van der Waals surface area contributed by atoms with E-state index in [2.05, 4.69) is 37.0 Å². The van der Waals surface area contributed by atoms with E-state index in [0.717, 1.165) is 41.1 Å². The van der Waals surface area contributed by atoms with Crippen molar-refractivity contribution in [2.45, 2.75) is 18.8 Å². The number of hydrogen-bond acceptors (Lipinski definition) is 4. The topological polar surface area (TPSA) is 48.7 Å². The second-order valence-electron chi connectivity index (χ2n) is 4.33. The van der Waals surface area contributed by atoms with Crippen LogP contribution in [0.2, 0.25) is 0 Å². The smallest absolute Gasteiger partial charge is 0.240 e. The summed E-state index contributed by atoms with van der Waals surface area (Å²) in [6.45, 7) is 1.64. The van der Waals surface area contributed by atoms with E-state index in [0.29, 0.717) is 11.8 Å². The molecule has 6 heteroatoms. The highest BCUT2D eigenvalue weighted by Crippen LogP contribution is 2.29. The molecule has 0 amide bonds. The number of fused-ring (bicyclic) bond motifs is 1. The molecule has 0 saturated carbocycles. The predicted octanol–water partition coefficient (Wildman–Crippen LogP) is 2.24. The predicted molar refractivity (Wildman–Crippen MR) is 75.1 cm³/mol. The molecule has 1 aliphatic heterocycles. The average Bonchev–Trinajstić information content (AvgIpc) is 2.82. The van der Waals surface area contributed by atoms with E-state index in [1.165, 1.54) is 0 Å². The van der Waals surface area contributed by atoms with Gasteiger partial charge in [-0.25, -0.2) is 9.97 Å². The van der Waals surface area contributed by atoms with E-state index < -0.39 is 0 Å². The minimum Gasteiger partial charge on any atom is -0.479 e. The van der Waals surface area contributed by atoms with Gasteiger partial charge in [0.15, 0.2) is 0 Å². The Morgan fingerprint density at radius 2 is 2.22 bits per heavy atom. The molecule has 0 radical (unpaired) electrons. The Morgan fingerprint density at radius 1 is 1.44 bits per heavy atom. The summed E-state index contributed by atoms with van der Waals surface area (Å²) in [6.07, 6.45) is 5.91. The number of ether oxygens (including phenoxy) is 2. The lowest BCUT2D eigenvalue weighted by Gasteiger charge is -2.21. The molecule has 0 unspecified atom stereocenters. The van der Waals surface area contributed by atoms with Crippen molar-refractivity contribution in [3.63, 3.8) is 0 Å². The zero-order chi connectivity index (χ0) is 12.5. The molecular weight excluding hydrogens is 345 g/mol. The van der Waals surface area contributed by atoms with Crippen LogP contribution < -0.4 is 4.74 Å². The lowest BCUT2D eigenvalue weighted by Crippen LogP contribution is -2.16. The first-order chi connectivity index (χ1) is 8.79. The van der Waals surface area contributed by atoms with Crippen molar-refractivity contribution in [1.82, 2.24) is 14.4 Å². The minimum atomic E-state index is 0.462. The molecule has 0 aromatic carbocycles. The van der Waals surface area contributed by atoms with Gasteiger partial charge >= 0.3 is 0 Å². The third kappa shape index (κ3) is 2.07. The number of methoxy groups -OCH3 is 1. The summed E-state index contributed by atoms with van der Waals surface area (Å²) in [5.74, 6) is 2.18. The third-order valence-corrected chi connectivity index (χ3v) is 3.79. The number of nitrogens with zero attached hydrogens (tertiary/aromatic N) is 3. The number of rotatable bonds is 2. The van der Waals surface area contributed by atoms with Crippen LogP contribution in [-0.2, 0) is 4.74 Å². The molecule has 1 aliphatic rings. The van der Waals surface area contributed by atoms with E-state index in [-0.39, 0.29) is 0 Å². The van der Waals surface area contributed by atoms with Crippen molar-refractivity contribution in [1.29, 1.82) is 0 Å². The molecule has 5 nitrogen and oxygen atoms in total. The molecule has 96 valence electrons. The Balaban J connectivity index is 2.10. The molecule has 3 heterocycles. The highest BCUT2D eigenvalue weighted by Gasteiger charge is 2.21. The van der Waals surface area contributed by atoms with Crippen molar-refractivity contribution < 1.29 is 9.47 Å². The molecular formula is C12H14IN3O2. The summed E-state index contributed by atoms with van der Waals surface area (Å²) in [4.78, 5) is 8.91. The van der Waals surface area contributed by atoms with Crippen molar-refractivity contribution >= 4 is 28.1 Å². The maximum absolute atomic E-state index is 5.40. The Morgan fingerprint density at radius 3 is 2.94 bits per heavy atom. The van der Waals surface area contributed by atoms with Crippen LogP contribution in [0.1, 0.15) is 24.6 Å². The van der Waals surface area contributed by atoms with Gasteiger partial charge in [0.25, 0.3) is 0 Å². The largest absolute Gasteiger partial charge is 0.479 e. The van der Waals surface area contributed by atoms with Gasteiger partial charge in [0.1, 0.15) is 15.0 Å². The number of imidazole rings is 1. The molecule has 0 bridgehead atoms. The zero-order valence-electron chi connectivity index (χ0n) is 10.1. The minimum absolute atomic E-state index is 0.462. The van der Waals surface area contributed by atoms with Gasteiger partial charge < -0.3 is 9.47 Å². The quantitative estimate of drug-likeness (QED) is 0.772. The van der Waals surface area contributed by atoms with Crippen LogP contribution in [0.15, 0.2) is 12.4 Å². The highest BCUT2D eigenvalue weighted by molar-refractivity contribution is 14.1. The molecule has 0 spiro atoms. The summed E-state index contributed by atoms with van der Waals surface area (Å²) in [7, 11) is 1.64. The molecule has 0 N–H and O–H groups in total. The van der Waals surface area contributed by atoms with Crippen molar-refractivity contribution in [3.05, 3.63) is 21.9 Å². The van der Waals surface area contributed by atoms with Gasteiger partial charge in [-0.15, -0.1) is 0 Å². The molecule has 18 heavy (non-hydrogen) atoms. The Hall–Kier alpha value is -0.890. The van der Waals surface area contributed by atoms with Crippen molar-refractivity contribution in [2.24, 2.45) is 0 Å². The van der Waals surface area contributed by atoms with Gasteiger partial charge in [-0.05, 0) is 35.4 Å². The number of hydrogen-bond donors (Lipinski definition) is 0. The SMILES string of the molecule is COc1nc(I)cn2c(C3CCOCC3)ncc12. The molecule has 1 fully saturated rings. The van der Waals surface area contributed by atoms with Crippen LogP contribution in [0, 0.1) is 3.70 Å². The first-order valence-electron chi connectivity index (χ1n) is 5.95. The fraction of sp³-hybridized carbons (Fsp3) is 0.500. The molecule has 2 aromatic rings. The van der Waals surface area contributed by atoms with Gasteiger partial charge in [0.05, 0.1) is 13.3 Å². The summed E-state index contributed by atoms with van der Waals surface area (Å²) in [5.41, 5.74) is 0.930. The van der Waals surface area contributed by atoms with E-state index >= 15 is 0 Å². The lowest BCUT2D eigenvalue weighted by molar-refractivity contribution is 0.0835. The van der Waals surface area contributed by atoms with Crippen molar-refractivity contribution in [3.8, 4) is 5.88 Å². The van der Waals surface area contributed by atoms with Gasteiger partial charge in [-0.3, -0.25) is 4.40 Å². The maximum Gasteiger partial charge on any atom is 0.240 e. The van der Waals surface area contributed by atoms with Crippen LogP contribution in [0.5, 0.6) is 5.88 Å². The zero-order valence-corrected chi connectivity index (χ0v) is 12.3. The van der Waals surface area contributed by atoms with Gasteiger partial charge in [-0.2, -0.15) is 0 Å². The van der Waals surface area contributed by atoms with Gasteiger partial charge in [0, 0.05) is 25.3 Å². The van der Waals surface area contributed by atoms with Crippen LogP contribution in [-0.4, -0.2) is 34.7 Å². The lowest BCUT2D eigenvalue weighted by atomic mass is 10.00. The average molecular weight is 359 g/mol. The Kier molecular flexibility index (Phi) is 3.38. The maximum atomic E-state index is 5.40. The first kappa shape index (κ1) is 12.2. The van der Waals surface area contributed by atoms with Crippen LogP contribution in [0.3, 0.4) is 0 Å². The fourth-order valence-corrected chi connectivity index (χ4v) is 2.86. The van der Waals surface area contributed by atoms with Crippen LogP contribution in [0.4, 0.5) is 0 Å². The summed E-state index contributed by atoms with van der Waals surface area (Å²) in [6, 6.07) is 0. The fourth-order valence-electron chi connectivity index (χ4n) is 2.37. The second kappa shape index (κ2) is 5.00. The molecule has 0 aliphatic carbocycles. The molecule has 2 aromatic heterocycles. The first-order valence-corrected chi connectivity index (χ1v) is 7.02. The van der Waals surface area contributed by atoms with E-state index in [9.17, 15) is 0 Å². The van der Waals surface area contributed by atoms with Crippen LogP contribution in [0.25, 0.3) is 5.52 Å². The Bertz CT molecular complexity index is 564. The highest BCUT2D eigenvalue weighted by atomic mass is 127. The molecule has 0 atom stereocenters. The summed E-state index contributed by atoms with van der Waals surface area (Å²) in [5, 5.41) is 0. The normalized spacial score (nSPS) is 17.2. The van der Waals surface area contributed by atoms with E-state index in [4.69, 9.17) is 9.47 Å². The third-order valence-electron chi connectivity index (χ3n) is 3.27. The van der Waals surface area contributed by atoms with E-state index in [1.54, 1.807) is 7.11 Å². The molecule has 1 saturated heterocycles. The van der Waals surface area contributed by atoms with Crippen LogP contribution >= 0.6 is 22.6 Å². The Labute approximate surface area is 119 Å². The molecule has 3 rings (SSSR count). The monoisotopic (exact) mass is 359 g/mol. The van der Waals surface area contributed by atoms with E-state index in [1.807, 2.05) is 12.4 Å². The number of halogens is 1. The summed E-state index contributed by atoms with van der Waals surface area (Å²) < 4.78 is 13.7. The standard InChI is InChI=1S/C12H14IN3O2/c1-17-12-9-6-14-11(8-2-4-18-5-3-8)16(9)7-10(13)15-12/h6-8H,2-5H2,1H3. The van der Waals surface area contributed by atoms with Crippen molar-refractivity contribution in [2.75, 3.05) is 20.3 Å².